The van der Waals surface area contributed by atoms with Gasteiger partial charge in [0.15, 0.2) is 0 Å². The molecule has 1 rings (SSSR count). The fourth-order valence-corrected chi connectivity index (χ4v) is 1.81. The van der Waals surface area contributed by atoms with E-state index in [1.165, 1.54) is 4.90 Å². The second-order valence-corrected chi connectivity index (χ2v) is 4.81. The van der Waals surface area contributed by atoms with Crippen molar-refractivity contribution in [2.24, 2.45) is 0 Å². The molecule has 6 heteroatoms. The number of halogens is 1. The fourth-order valence-electron chi connectivity index (χ4n) is 1.62. The van der Waals surface area contributed by atoms with E-state index in [4.69, 9.17) is 21.1 Å². The lowest BCUT2D eigenvalue weighted by atomic mass is 10.3. The quantitative estimate of drug-likeness (QED) is 0.692. The molecule has 0 heterocycles. The Morgan fingerprint density at radius 3 is 2.62 bits per heavy atom. The van der Waals surface area contributed by atoms with E-state index in [9.17, 15) is 9.59 Å². The highest BCUT2D eigenvalue weighted by Gasteiger charge is 2.11. The molecule has 1 amide bonds. The molecule has 5 nitrogen and oxygen atoms in total. The number of amides is 1. The Labute approximate surface area is 129 Å². The number of hydrogen-bond acceptors (Lipinski definition) is 4. The summed E-state index contributed by atoms with van der Waals surface area (Å²) in [6.45, 7) is 2.68. The monoisotopic (exact) mass is 313 g/mol. The Balaban J connectivity index is 2.27. The van der Waals surface area contributed by atoms with Crippen molar-refractivity contribution in [1.29, 1.82) is 0 Å². The van der Waals surface area contributed by atoms with Crippen molar-refractivity contribution in [1.82, 2.24) is 4.90 Å². The maximum Gasteiger partial charge on any atom is 0.307 e. The molecule has 116 valence electrons. The van der Waals surface area contributed by atoms with Crippen LogP contribution in [-0.2, 0) is 14.3 Å². The molecule has 0 aromatic heterocycles. The molecule has 0 bridgehead atoms. The molecule has 1 aromatic rings. The lowest BCUT2D eigenvalue weighted by Crippen LogP contribution is -2.30. The van der Waals surface area contributed by atoms with E-state index in [2.05, 4.69) is 0 Å². The van der Waals surface area contributed by atoms with Crippen LogP contribution in [0.15, 0.2) is 24.3 Å². The molecule has 0 spiro atoms. The number of esters is 1. The Bertz CT molecular complexity index is 478. The van der Waals surface area contributed by atoms with Crippen molar-refractivity contribution in [3.63, 3.8) is 0 Å². The van der Waals surface area contributed by atoms with Crippen LogP contribution in [-0.4, -0.2) is 43.6 Å². The molecular formula is C15H20ClNO4. The summed E-state index contributed by atoms with van der Waals surface area (Å²) in [6.07, 6.45) is 0.423. The first kappa shape index (κ1) is 17.3. The summed E-state index contributed by atoms with van der Waals surface area (Å²) in [7, 11) is 1.65. The van der Waals surface area contributed by atoms with Gasteiger partial charge in [-0.3, -0.25) is 9.59 Å². The minimum atomic E-state index is -0.301. The van der Waals surface area contributed by atoms with Gasteiger partial charge in [0.1, 0.15) is 5.75 Å². The minimum Gasteiger partial charge on any atom is -0.491 e. The minimum absolute atomic E-state index is 0.0913. The first-order chi connectivity index (χ1) is 10.0. The molecule has 0 fully saturated rings. The van der Waals surface area contributed by atoms with Crippen LogP contribution < -0.4 is 4.74 Å². The highest BCUT2D eigenvalue weighted by Crippen LogP contribution is 2.23. The average molecular weight is 314 g/mol. The lowest BCUT2D eigenvalue weighted by molar-refractivity contribution is -0.143. The molecule has 0 N–H and O–H groups in total. The van der Waals surface area contributed by atoms with Gasteiger partial charge >= 0.3 is 5.97 Å². The van der Waals surface area contributed by atoms with E-state index in [1.807, 2.05) is 12.1 Å². The summed E-state index contributed by atoms with van der Waals surface area (Å²) in [4.78, 5) is 24.5. The number of carbonyl (C=O) groups is 2. The van der Waals surface area contributed by atoms with Crippen LogP contribution in [0.1, 0.15) is 19.8 Å². The summed E-state index contributed by atoms with van der Waals surface area (Å²) >= 11 is 5.94. The average Bonchev–Trinajstić information content (AvgIpc) is 2.47. The third-order valence-electron chi connectivity index (χ3n) is 2.79. The maximum absolute atomic E-state index is 11.8. The summed E-state index contributed by atoms with van der Waals surface area (Å²) in [5, 5.41) is 0.514. The lowest BCUT2D eigenvalue weighted by Gasteiger charge is -2.17. The van der Waals surface area contributed by atoms with Crippen molar-refractivity contribution >= 4 is 23.5 Å². The van der Waals surface area contributed by atoms with Gasteiger partial charge in [0.05, 0.1) is 31.1 Å². The van der Waals surface area contributed by atoms with Crippen molar-refractivity contribution < 1.29 is 19.1 Å². The van der Waals surface area contributed by atoms with Crippen LogP contribution in [0.25, 0.3) is 0 Å². The maximum atomic E-state index is 11.8. The number of nitrogens with zero attached hydrogens (tertiary/aromatic N) is 1. The molecule has 0 unspecified atom stereocenters. The van der Waals surface area contributed by atoms with Gasteiger partial charge in [-0.05, 0) is 19.1 Å². The summed E-state index contributed by atoms with van der Waals surface area (Å²) < 4.78 is 10.3. The SMILES string of the molecule is CCOC(=O)CCN(C)C(=O)CCOc1ccccc1Cl. The van der Waals surface area contributed by atoms with Gasteiger partial charge in [0, 0.05) is 13.6 Å². The molecule has 0 aliphatic carbocycles. The van der Waals surface area contributed by atoms with Crippen molar-refractivity contribution in [2.45, 2.75) is 19.8 Å². The van der Waals surface area contributed by atoms with Gasteiger partial charge < -0.3 is 14.4 Å². The van der Waals surface area contributed by atoms with Gasteiger partial charge in [-0.15, -0.1) is 0 Å². The smallest absolute Gasteiger partial charge is 0.307 e. The van der Waals surface area contributed by atoms with E-state index in [0.29, 0.717) is 23.9 Å². The van der Waals surface area contributed by atoms with Crippen LogP contribution in [0.3, 0.4) is 0 Å². The van der Waals surface area contributed by atoms with E-state index in [-0.39, 0.29) is 31.3 Å². The zero-order chi connectivity index (χ0) is 15.7. The Morgan fingerprint density at radius 1 is 1.24 bits per heavy atom. The first-order valence-electron chi connectivity index (χ1n) is 6.81. The largest absolute Gasteiger partial charge is 0.491 e. The third kappa shape index (κ3) is 6.49. The highest BCUT2D eigenvalue weighted by atomic mass is 35.5. The molecular weight excluding hydrogens is 294 g/mol. The first-order valence-corrected chi connectivity index (χ1v) is 7.19. The van der Waals surface area contributed by atoms with Gasteiger partial charge in [-0.2, -0.15) is 0 Å². The van der Waals surface area contributed by atoms with Crippen molar-refractivity contribution in [3.05, 3.63) is 29.3 Å². The van der Waals surface area contributed by atoms with Gasteiger partial charge in [-0.1, -0.05) is 23.7 Å². The number of benzene rings is 1. The number of para-hydroxylation sites is 1. The second kappa shape index (κ2) is 9.23. The third-order valence-corrected chi connectivity index (χ3v) is 3.10. The van der Waals surface area contributed by atoms with Crippen molar-refractivity contribution in [3.8, 4) is 5.75 Å². The molecule has 0 saturated carbocycles. The van der Waals surface area contributed by atoms with E-state index < -0.39 is 0 Å². The van der Waals surface area contributed by atoms with Crippen molar-refractivity contribution in [2.75, 3.05) is 26.8 Å². The fraction of sp³-hybridized carbons (Fsp3) is 0.467. The summed E-state index contributed by atoms with van der Waals surface area (Å²) in [5.41, 5.74) is 0. The summed E-state index contributed by atoms with van der Waals surface area (Å²) in [6, 6.07) is 7.10. The normalized spacial score (nSPS) is 10.0. The second-order valence-electron chi connectivity index (χ2n) is 4.40. The predicted molar refractivity (Wildman–Crippen MR) is 80.5 cm³/mol. The molecule has 1 aromatic carbocycles. The Morgan fingerprint density at radius 2 is 1.95 bits per heavy atom. The number of ether oxygens (including phenoxy) is 2. The molecule has 0 saturated heterocycles. The Hall–Kier alpha value is -1.75. The molecule has 0 radical (unpaired) electrons. The van der Waals surface area contributed by atoms with E-state index >= 15 is 0 Å². The van der Waals surface area contributed by atoms with Crippen LogP contribution in [0.2, 0.25) is 5.02 Å². The number of rotatable bonds is 8. The number of hydrogen-bond donors (Lipinski definition) is 0. The van der Waals surface area contributed by atoms with Gasteiger partial charge in [0.2, 0.25) is 5.91 Å². The predicted octanol–water partition coefficient (Wildman–Crippen LogP) is 2.52. The van der Waals surface area contributed by atoms with Gasteiger partial charge in [0.25, 0.3) is 0 Å². The molecule has 0 aliphatic rings. The summed E-state index contributed by atoms with van der Waals surface area (Å²) in [5.74, 6) is 0.164. The van der Waals surface area contributed by atoms with E-state index in [0.717, 1.165) is 0 Å². The zero-order valence-electron chi connectivity index (χ0n) is 12.3. The van der Waals surface area contributed by atoms with Gasteiger partial charge in [-0.25, -0.2) is 0 Å². The number of carbonyl (C=O) groups excluding carboxylic acids is 2. The van der Waals surface area contributed by atoms with Crippen LogP contribution >= 0.6 is 11.6 Å². The Kier molecular flexibility index (Phi) is 7.61. The standard InChI is InChI=1S/C15H20ClNO4/c1-3-20-15(19)8-10-17(2)14(18)9-11-21-13-7-5-4-6-12(13)16/h4-7H,3,8-11H2,1-2H3. The van der Waals surface area contributed by atoms with Crippen LogP contribution in [0.5, 0.6) is 5.75 Å². The van der Waals surface area contributed by atoms with Crippen LogP contribution in [0.4, 0.5) is 0 Å². The zero-order valence-corrected chi connectivity index (χ0v) is 13.1. The molecule has 21 heavy (non-hydrogen) atoms. The molecule has 0 aliphatic heterocycles. The van der Waals surface area contributed by atoms with E-state index in [1.54, 1.807) is 26.1 Å². The topological polar surface area (TPSA) is 55.8 Å². The van der Waals surface area contributed by atoms with Crippen LogP contribution in [0, 0.1) is 0 Å². The molecule has 0 atom stereocenters. The highest BCUT2D eigenvalue weighted by molar-refractivity contribution is 6.32.